The lowest BCUT2D eigenvalue weighted by Gasteiger charge is -2.21. The van der Waals surface area contributed by atoms with Crippen molar-refractivity contribution < 1.29 is 18.8 Å². The molecule has 0 saturated heterocycles. The van der Waals surface area contributed by atoms with Crippen molar-refractivity contribution in [3.05, 3.63) is 59.5 Å². The number of benzene rings is 2. The van der Waals surface area contributed by atoms with Crippen molar-refractivity contribution >= 4 is 5.91 Å². The van der Waals surface area contributed by atoms with Gasteiger partial charge in [-0.1, -0.05) is 11.2 Å². The summed E-state index contributed by atoms with van der Waals surface area (Å²) >= 11 is 0. The van der Waals surface area contributed by atoms with Crippen LogP contribution in [0, 0.1) is 13.8 Å². The molecule has 2 aromatic carbocycles. The fraction of sp³-hybridized carbons (Fsp3) is 0.318. The van der Waals surface area contributed by atoms with E-state index in [2.05, 4.69) is 16.2 Å². The molecule has 0 bridgehead atoms. The summed E-state index contributed by atoms with van der Waals surface area (Å²) in [5.41, 5.74) is 2.98. The molecule has 29 heavy (non-hydrogen) atoms. The zero-order valence-electron chi connectivity index (χ0n) is 17.3. The second kappa shape index (κ2) is 8.77. The third-order valence-corrected chi connectivity index (χ3v) is 4.42. The maximum atomic E-state index is 12.7. The first-order valence-corrected chi connectivity index (χ1v) is 9.32. The molecule has 3 rings (SSSR count). The molecule has 7 heteroatoms. The van der Waals surface area contributed by atoms with E-state index in [1.807, 2.05) is 50.2 Å². The third-order valence-electron chi connectivity index (χ3n) is 4.42. The number of carbonyl (C=O) groups is 1. The third kappa shape index (κ3) is 5.13. The Labute approximate surface area is 170 Å². The molecule has 1 heterocycles. The van der Waals surface area contributed by atoms with Crippen LogP contribution in [-0.2, 0) is 11.3 Å². The number of likely N-dealkylation sites (N-methyl/N-ethyl adjacent to an activating group) is 1. The minimum Gasteiger partial charge on any atom is -0.497 e. The molecule has 0 spiro atoms. The van der Waals surface area contributed by atoms with E-state index < -0.39 is 6.10 Å². The first kappa shape index (κ1) is 20.4. The van der Waals surface area contributed by atoms with E-state index in [9.17, 15) is 4.79 Å². The average Bonchev–Trinajstić information content (AvgIpc) is 3.15. The van der Waals surface area contributed by atoms with Crippen LogP contribution in [0.3, 0.4) is 0 Å². The van der Waals surface area contributed by atoms with Crippen molar-refractivity contribution in [2.45, 2.75) is 33.4 Å². The van der Waals surface area contributed by atoms with Gasteiger partial charge in [0.15, 0.2) is 6.10 Å². The SMILES string of the molecule is COc1ccc(-c2noc(CN(C)C(=O)[C@@H](C)Oc3cc(C)cc(C)c3)n2)cc1. The molecular weight excluding hydrogens is 370 g/mol. The molecule has 0 aliphatic carbocycles. The summed E-state index contributed by atoms with van der Waals surface area (Å²) in [5, 5.41) is 3.99. The molecule has 152 valence electrons. The summed E-state index contributed by atoms with van der Waals surface area (Å²) in [5.74, 6) is 2.07. The molecule has 3 aromatic rings. The summed E-state index contributed by atoms with van der Waals surface area (Å²) in [7, 11) is 3.29. The highest BCUT2D eigenvalue weighted by atomic mass is 16.5. The van der Waals surface area contributed by atoms with Gasteiger partial charge in [-0.2, -0.15) is 4.98 Å². The monoisotopic (exact) mass is 395 g/mol. The minimum absolute atomic E-state index is 0.173. The molecule has 0 N–H and O–H groups in total. The number of hydrogen-bond acceptors (Lipinski definition) is 6. The fourth-order valence-corrected chi connectivity index (χ4v) is 3.02. The largest absolute Gasteiger partial charge is 0.497 e. The second-order valence-corrected chi connectivity index (χ2v) is 7.02. The van der Waals surface area contributed by atoms with Crippen LogP contribution in [0.5, 0.6) is 11.5 Å². The second-order valence-electron chi connectivity index (χ2n) is 7.02. The number of hydrogen-bond donors (Lipinski definition) is 0. The number of carbonyl (C=O) groups excluding carboxylic acids is 1. The van der Waals surface area contributed by atoms with Gasteiger partial charge in [0.05, 0.1) is 13.7 Å². The van der Waals surface area contributed by atoms with Crippen molar-refractivity contribution in [3.8, 4) is 22.9 Å². The van der Waals surface area contributed by atoms with E-state index in [0.717, 1.165) is 22.4 Å². The van der Waals surface area contributed by atoms with Gasteiger partial charge in [0.1, 0.15) is 11.5 Å². The number of aromatic nitrogens is 2. The van der Waals surface area contributed by atoms with E-state index >= 15 is 0 Å². The van der Waals surface area contributed by atoms with Crippen LogP contribution in [0.25, 0.3) is 11.4 Å². The maximum Gasteiger partial charge on any atom is 0.263 e. The summed E-state index contributed by atoms with van der Waals surface area (Å²) in [6.45, 7) is 5.92. The van der Waals surface area contributed by atoms with Crippen molar-refractivity contribution in [1.82, 2.24) is 15.0 Å². The van der Waals surface area contributed by atoms with Crippen LogP contribution in [0.15, 0.2) is 47.0 Å². The lowest BCUT2D eigenvalue weighted by Crippen LogP contribution is -2.37. The van der Waals surface area contributed by atoms with Gasteiger partial charge in [-0.05, 0) is 68.3 Å². The maximum absolute atomic E-state index is 12.7. The fourth-order valence-electron chi connectivity index (χ4n) is 3.02. The molecule has 1 aromatic heterocycles. The Morgan fingerprint density at radius 3 is 2.38 bits per heavy atom. The molecule has 0 saturated carbocycles. The average molecular weight is 395 g/mol. The Morgan fingerprint density at radius 2 is 1.76 bits per heavy atom. The lowest BCUT2D eigenvalue weighted by atomic mass is 10.1. The molecule has 0 unspecified atom stereocenters. The highest BCUT2D eigenvalue weighted by molar-refractivity contribution is 5.80. The molecule has 1 amide bonds. The molecule has 0 aliphatic heterocycles. The Kier molecular flexibility index (Phi) is 6.16. The normalized spacial score (nSPS) is 11.8. The highest BCUT2D eigenvalue weighted by Gasteiger charge is 2.21. The number of ether oxygens (including phenoxy) is 2. The van der Waals surface area contributed by atoms with Gasteiger partial charge >= 0.3 is 0 Å². The number of amides is 1. The molecule has 0 radical (unpaired) electrons. The molecule has 1 atom stereocenters. The van der Waals surface area contributed by atoms with Crippen LogP contribution in [-0.4, -0.2) is 41.2 Å². The standard InChI is InChI=1S/C22H25N3O4/c1-14-10-15(2)12-19(11-14)28-16(3)22(26)25(4)13-20-23-21(24-29-20)17-6-8-18(27-5)9-7-17/h6-12,16H,13H2,1-5H3/t16-/m1/s1. The molecule has 7 nitrogen and oxygen atoms in total. The number of methoxy groups -OCH3 is 1. The van der Waals surface area contributed by atoms with Crippen molar-refractivity contribution in [2.24, 2.45) is 0 Å². The van der Waals surface area contributed by atoms with Crippen molar-refractivity contribution in [2.75, 3.05) is 14.2 Å². The topological polar surface area (TPSA) is 77.7 Å². The summed E-state index contributed by atoms with van der Waals surface area (Å²) < 4.78 is 16.3. The smallest absolute Gasteiger partial charge is 0.263 e. The zero-order valence-corrected chi connectivity index (χ0v) is 17.3. The predicted octanol–water partition coefficient (Wildman–Crippen LogP) is 3.79. The zero-order chi connectivity index (χ0) is 21.0. The van der Waals surface area contributed by atoms with E-state index in [1.165, 1.54) is 4.90 Å². The van der Waals surface area contributed by atoms with Gasteiger partial charge < -0.3 is 18.9 Å². The number of nitrogens with zero attached hydrogens (tertiary/aromatic N) is 3. The summed E-state index contributed by atoms with van der Waals surface area (Å²) in [4.78, 5) is 18.6. The highest BCUT2D eigenvalue weighted by Crippen LogP contribution is 2.21. The Bertz CT molecular complexity index is 962. The van der Waals surface area contributed by atoms with Gasteiger partial charge in [0, 0.05) is 12.6 Å². The summed E-state index contributed by atoms with van der Waals surface area (Å²) in [6.07, 6.45) is -0.634. The predicted molar refractivity (Wildman–Crippen MR) is 109 cm³/mol. The molecular formula is C22H25N3O4. The first-order valence-electron chi connectivity index (χ1n) is 9.32. The summed E-state index contributed by atoms with van der Waals surface area (Å²) in [6, 6.07) is 13.2. The van der Waals surface area contributed by atoms with E-state index in [4.69, 9.17) is 14.0 Å². The molecule has 0 fully saturated rings. The van der Waals surface area contributed by atoms with Crippen LogP contribution < -0.4 is 9.47 Å². The van der Waals surface area contributed by atoms with Crippen LogP contribution in [0.4, 0.5) is 0 Å². The Hall–Kier alpha value is -3.35. The van der Waals surface area contributed by atoms with Crippen molar-refractivity contribution in [3.63, 3.8) is 0 Å². The van der Waals surface area contributed by atoms with Crippen LogP contribution in [0.2, 0.25) is 0 Å². The van der Waals surface area contributed by atoms with Gasteiger partial charge in [0.2, 0.25) is 11.7 Å². The van der Waals surface area contributed by atoms with Crippen LogP contribution >= 0.6 is 0 Å². The van der Waals surface area contributed by atoms with E-state index in [0.29, 0.717) is 17.5 Å². The van der Waals surface area contributed by atoms with Crippen LogP contribution in [0.1, 0.15) is 23.9 Å². The minimum atomic E-state index is -0.634. The quantitative estimate of drug-likeness (QED) is 0.606. The molecule has 0 aliphatic rings. The Morgan fingerprint density at radius 1 is 1.10 bits per heavy atom. The van der Waals surface area contributed by atoms with E-state index in [-0.39, 0.29) is 12.5 Å². The van der Waals surface area contributed by atoms with Gasteiger partial charge in [-0.15, -0.1) is 0 Å². The number of rotatable bonds is 7. The lowest BCUT2D eigenvalue weighted by molar-refractivity contribution is -0.137. The van der Waals surface area contributed by atoms with Gasteiger partial charge in [-0.25, -0.2) is 0 Å². The first-order chi connectivity index (χ1) is 13.9. The Balaban J connectivity index is 1.62. The number of aryl methyl sites for hydroxylation is 2. The van der Waals surface area contributed by atoms with Crippen molar-refractivity contribution in [1.29, 1.82) is 0 Å². The van der Waals surface area contributed by atoms with Gasteiger partial charge in [-0.3, -0.25) is 4.79 Å². The van der Waals surface area contributed by atoms with Gasteiger partial charge in [0.25, 0.3) is 5.91 Å². The van der Waals surface area contributed by atoms with E-state index in [1.54, 1.807) is 21.1 Å².